The molecule has 6 heteroatoms. The van der Waals surface area contributed by atoms with Crippen LogP contribution in [0.15, 0.2) is 34.5 Å². The molecule has 1 aliphatic heterocycles. The van der Waals surface area contributed by atoms with E-state index in [2.05, 4.69) is 36.9 Å². The fraction of sp³-hybridized carbons (Fsp3) is 0.412. The van der Waals surface area contributed by atoms with Crippen molar-refractivity contribution in [1.82, 2.24) is 4.31 Å². The molecule has 0 saturated carbocycles. The third-order valence-corrected chi connectivity index (χ3v) is 7.61. The number of nitrogens with zero attached hydrogens (tertiary/aromatic N) is 2. The molecule has 1 saturated heterocycles. The lowest BCUT2D eigenvalue weighted by Crippen LogP contribution is -2.48. The van der Waals surface area contributed by atoms with Gasteiger partial charge in [-0.3, -0.25) is 0 Å². The first kappa shape index (κ1) is 16.5. The van der Waals surface area contributed by atoms with Gasteiger partial charge in [-0.25, -0.2) is 8.42 Å². The van der Waals surface area contributed by atoms with Gasteiger partial charge in [0.05, 0.1) is 0 Å². The van der Waals surface area contributed by atoms with Crippen LogP contribution >= 0.6 is 11.3 Å². The highest BCUT2D eigenvalue weighted by atomic mass is 32.2. The predicted octanol–water partition coefficient (Wildman–Crippen LogP) is 3.18. The van der Waals surface area contributed by atoms with Crippen molar-refractivity contribution in [2.45, 2.75) is 25.0 Å². The van der Waals surface area contributed by atoms with Crippen molar-refractivity contribution < 1.29 is 8.42 Å². The van der Waals surface area contributed by atoms with E-state index in [0.717, 1.165) is 18.0 Å². The Bertz CT molecular complexity index is 804. The van der Waals surface area contributed by atoms with E-state index in [9.17, 15) is 8.42 Å². The summed E-state index contributed by atoms with van der Waals surface area (Å²) in [5, 5.41) is 0. The molecule has 0 spiro atoms. The van der Waals surface area contributed by atoms with Crippen molar-refractivity contribution in [2.24, 2.45) is 0 Å². The largest absolute Gasteiger partial charge is 0.369 e. The molecule has 0 atom stereocenters. The maximum absolute atomic E-state index is 12.7. The van der Waals surface area contributed by atoms with Crippen LogP contribution in [0.5, 0.6) is 0 Å². The maximum Gasteiger partial charge on any atom is 0.252 e. The molecule has 0 amide bonds. The first-order valence-electron chi connectivity index (χ1n) is 7.77. The zero-order chi connectivity index (χ0) is 16.6. The highest BCUT2D eigenvalue weighted by molar-refractivity contribution is 7.91. The molecule has 3 rings (SSSR count). The molecular formula is C17H22N2O2S2. The highest BCUT2D eigenvalue weighted by Crippen LogP contribution is 2.27. The van der Waals surface area contributed by atoms with E-state index in [4.69, 9.17) is 0 Å². The van der Waals surface area contributed by atoms with Gasteiger partial charge in [0.2, 0.25) is 0 Å². The van der Waals surface area contributed by atoms with Crippen molar-refractivity contribution in [3.8, 4) is 0 Å². The van der Waals surface area contributed by atoms with E-state index in [0.29, 0.717) is 17.3 Å². The van der Waals surface area contributed by atoms with Crippen molar-refractivity contribution in [3.63, 3.8) is 0 Å². The predicted molar refractivity (Wildman–Crippen MR) is 95.9 cm³/mol. The Kier molecular flexibility index (Phi) is 4.49. The molecule has 2 aromatic rings. The SMILES string of the molecule is Cc1ccc(N2CCN(S(=O)(=O)c3ccc(C)s3)CC2)c(C)c1. The van der Waals surface area contributed by atoms with Crippen LogP contribution in [0.4, 0.5) is 5.69 Å². The summed E-state index contributed by atoms with van der Waals surface area (Å²) >= 11 is 1.35. The van der Waals surface area contributed by atoms with Gasteiger partial charge in [-0.05, 0) is 44.5 Å². The normalized spacial score (nSPS) is 16.7. The van der Waals surface area contributed by atoms with Crippen LogP contribution in [0.3, 0.4) is 0 Å². The molecular weight excluding hydrogens is 328 g/mol. The van der Waals surface area contributed by atoms with E-state index >= 15 is 0 Å². The van der Waals surface area contributed by atoms with E-state index in [-0.39, 0.29) is 0 Å². The van der Waals surface area contributed by atoms with Gasteiger partial charge in [-0.2, -0.15) is 4.31 Å². The molecule has 2 heterocycles. The number of piperazine rings is 1. The Morgan fingerprint density at radius 3 is 2.22 bits per heavy atom. The number of sulfonamides is 1. The summed E-state index contributed by atoms with van der Waals surface area (Å²) in [5.41, 5.74) is 3.70. The van der Waals surface area contributed by atoms with Crippen molar-refractivity contribution in [2.75, 3.05) is 31.1 Å². The number of benzene rings is 1. The summed E-state index contributed by atoms with van der Waals surface area (Å²) in [5.74, 6) is 0. The second kappa shape index (κ2) is 6.26. The molecule has 0 N–H and O–H groups in total. The van der Waals surface area contributed by atoms with Crippen molar-refractivity contribution in [3.05, 3.63) is 46.3 Å². The zero-order valence-electron chi connectivity index (χ0n) is 13.7. The molecule has 1 fully saturated rings. The molecule has 23 heavy (non-hydrogen) atoms. The molecule has 1 aromatic heterocycles. The number of hydrogen-bond donors (Lipinski definition) is 0. The molecule has 4 nitrogen and oxygen atoms in total. The fourth-order valence-corrected chi connectivity index (χ4v) is 5.87. The van der Waals surface area contributed by atoms with Crippen LogP contribution in [-0.2, 0) is 10.0 Å². The summed E-state index contributed by atoms with van der Waals surface area (Å²) in [6.45, 7) is 8.66. The fourth-order valence-electron chi connectivity index (χ4n) is 3.01. The second-order valence-electron chi connectivity index (χ2n) is 6.05. The molecule has 0 radical (unpaired) electrons. The maximum atomic E-state index is 12.7. The highest BCUT2D eigenvalue weighted by Gasteiger charge is 2.29. The lowest BCUT2D eigenvalue weighted by atomic mass is 10.1. The summed E-state index contributed by atoms with van der Waals surface area (Å²) < 4.78 is 27.4. The number of hydrogen-bond acceptors (Lipinski definition) is 4. The lowest BCUT2D eigenvalue weighted by Gasteiger charge is -2.36. The van der Waals surface area contributed by atoms with Gasteiger partial charge >= 0.3 is 0 Å². The lowest BCUT2D eigenvalue weighted by molar-refractivity contribution is 0.385. The quantitative estimate of drug-likeness (QED) is 0.854. The zero-order valence-corrected chi connectivity index (χ0v) is 15.4. The summed E-state index contributed by atoms with van der Waals surface area (Å²) in [4.78, 5) is 3.30. The van der Waals surface area contributed by atoms with Crippen molar-refractivity contribution in [1.29, 1.82) is 0 Å². The summed E-state index contributed by atoms with van der Waals surface area (Å²) in [7, 11) is -3.34. The average molecular weight is 351 g/mol. The van der Waals surface area contributed by atoms with Gasteiger partial charge in [-0.1, -0.05) is 17.7 Å². The third-order valence-electron chi connectivity index (χ3n) is 4.24. The minimum Gasteiger partial charge on any atom is -0.369 e. The average Bonchev–Trinajstić information content (AvgIpc) is 2.95. The second-order valence-corrected chi connectivity index (χ2v) is 9.50. The molecule has 0 bridgehead atoms. The van der Waals surface area contributed by atoms with Crippen LogP contribution in [0.2, 0.25) is 0 Å². The summed E-state index contributed by atoms with van der Waals surface area (Å²) in [6, 6.07) is 10.00. The minimum absolute atomic E-state index is 0.454. The van der Waals surface area contributed by atoms with Gasteiger partial charge in [0.1, 0.15) is 4.21 Å². The Balaban J connectivity index is 1.73. The van der Waals surface area contributed by atoms with Crippen molar-refractivity contribution >= 4 is 27.0 Å². The third kappa shape index (κ3) is 3.29. The standard InChI is InChI=1S/C17H22N2O2S2/c1-13-4-6-16(14(2)12-13)18-8-10-19(11-9-18)23(20,21)17-7-5-15(3)22-17/h4-7,12H,8-11H2,1-3H3. The van der Waals surface area contributed by atoms with E-state index in [1.807, 2.05) is 13.0 Å². The molecule has 124 valence electrons. The Morgan fingerprint density at radius 2 is 1.65 bits per heavy atom. The van der Waals surface area contributed by atoms with E-state index in [1.165, 1.54) is 28.2 Å². The minimum atomic E-state index is -3.34. The van der Waals surface area contributed by atoms with Crippen LogP contribution in [-0.4, -0.2) is 38.9 Å². The van der Waals surface area contributed by atoms with Crippen LogP contribution in [0.1, 0.15) is 16.0 Å². The van der Waals surface area contributed by atoms with Gasteiger partial charge < -0.3 is 4.90 Å². The number of rotatable bonds is 3. The first-order valence-corrected chi connectivity index (χ1v) is 10.0. The van der Waals surface area contributed by atoms with Crippen LogP contribution in [0.25, 0.3) is 0 Å². The monoisotopic (exact) mass is 350 g/mol. The molecule has 0 aliphatic carbocycles. The number of anilines is 1. The summed E-state index contributed by atoms with van der Waals surface area (Å²) in [6.07, 6.45) is 0. The first-order chi connectivity index (χ1) is 10.9. The van der Waals surface area contributed by atoms with Gasteiger partial charge in [-0.15, -0.1) is 11.3 Å². The van der Waals surface area contributed by atoms with E-state index < -0.39 is 10.0 Å². The Hall–Kier alpha value is -1.37. The van der Waals surface area contributed by atoms with Crippen LogP contribution in [0, 0.1) is 20.8 Å². The molecule has 1 aromatic carbocycles. The topological polar surface area (TPSA) is 40.6 Å². The molecule has 1 aliphatic rings. The van der Waals surface area contributed by atoms with Gasteiger partial charge in [0.15, 0.2) is 0 Å². The Morgan fingerprint density at radius 1 is 0.957 bits per heavy atom. The van der Waals surface area contributed by atoms with Gasteiger partial charge in [0, 0.05) is 36.7 Å². The van der Waals surface area contributed by atoms with E-state index in [1.54, 1.807) is 10.4 Å². The Labute approximate surface area is 142 Å². The molecule has 0 unspecified atom stereocenters. The smallest absolute Gasteiger partial charge is 0.252 e. The van der Waals surface area contributed by atoms with Gasteiger partial charge in [0.25, 0.3) is 10.0 Å². The van der Waals surface area contributed by atoms with Crippen LogP contribution < -0.4 is 4.90 Å². The number of aryl methyl sites for hydroxylation is 3. The number of thiophene rings is 1.